The van der Waals surface area contributed by atoms with Gasteiger partial charge in [-0.25, -0.2) is 18.4 Å². The molecule has 4 rings (SSSR count). The number of benzene rings is 3. The molecule has 1 aliphatic heterocycles. The predicted molar refractivity (Wildman–Crippen MR) is 143 cm³/mol. The van der Waals surface area contributed by atoms with Crippen LogP contribution < -0.4 is 9.47 Å². The van der Waals surface area contributed by atoms with Gasteiger partial charge in [-0.15, -0.1) is 0 Å². The average Bonchev–Trinajstić information content (AvgIpc) is 2.94. The highest BCUT2D eigenvalue weighted by Crippen LogP contribution is 2.33. The molecule has 3 aromatic rings. The number of para-hydroxylation sites is 2. The Labute approximate surface area is 225 Å². The van der Waals surface area contributed by atoms with E-state index in [0.717, 1.165) is 67.1 Å². The highest BCUT2D eigenvalue weighted by atomic mass is 19.1. The molecule has 1 saturated heterocycles. The summed E-state index contributed by atoms with van der Waals surface area (Å²) in [6.07, 6.45) is 2.79. The second kappa shape index (κ2) is 14.6. The third-order valence-corrected chi connectivity index (χ3v) is 6.21. The standard InChI is InChI=1S/C28H29F2NO2.C2H2O4/c1-32-26-5-2-3-6-27(26)33-20-4-17-31-18-15-23(16-19-31)28(21-7-11-24(29)12-8-21)22-9-13-25(30)14-10-22;3-1(4)2(5)6/h2-3,5-14H,4,15-20H2,1H3;(H,3,4)(H,5,6). The minimum absolute atomic E-state index is 0.257. The van der Waals surface area contributed by atoms with E-state index in [9.17, 15) is 8.78 Å². The number of hydrogen-bond acceptors (Lipinski definition) is 5. The molecular formula is C30H31F2NO6. The molecule has 2 N–H and O–H groups in total. The lowest BCUT2D eigenvalue weighted by atomic mass is 9.88. The Bertz CT molecular complexity index is 1210. The zero-order valence-corrected chi connectivity index (χ0v) is 21.6. The number of aliphatic carboxylic acids is 2. The van der Waals surface area contributed by atoms with Gasteiger partial charge in [-0.2, -0.15) is 0 Å². The van der Waals surface area contributed by atoms with Crippen molar-refractivity contribution < 1.29 is 38.1 Å². The summed E-state index contributed by atoms with van der Waals surface area (Å²) in [5.41, 5.74) is 4.36. The van der Waals surface area contributed by atoms with Crippen LogP contribution >= 0.6 is 0 Å². The summed E-state index contributed by atoms with van der Waals surface area (Å²) >= 11 is 0. The van der Waals surface area contributed by atoms with Crippen molar-refractivity contribution >= 4 is 17.5 Å². The van der Waals surface area contributed by atoms with Gasteiger partial charge in [-0.1, -0.05) is 42.0 Å². The number of ether oxygens (including phenoxy) is 2. The Morgan fingerprint density at radius 1 is 0.795 bits per heavy atom. The van der Waals surface area contributed by atoms with Gasteiger partial charge in [0, 0.05) is 19.6 Å². The second-order valence-electron chi connectivity index (χ2n) is 8.80. The number of likely N-dealkylation sites (tertiary alicyclic amines) is 1. The van der Waals surface area contributed by atoms with Crippen molar-refractivity contribution in [3.63, 3.8) is 0 Å². The number of piperidine rings is 1. The highest BCUT2D eigenvalue weighted by Gasteiger charge is 2.19. The highest BCUT2D eigenvalue weighted by molar-refractivity contribution is 6.27. The van der Waals surface area contributed by atoms with E-state index < -0.39 is 11.9 Å². The molecule has 0 aromatic heterocycles. The summed E-state index contributed by atoms with van der Waals surface area (Å²) in [5.74, 6) is -2.64. The minimum atomic E-state index is -1.82. The smallest absolute Gasteiger partial charge is 0.414 e. The van der Waals surface area contributed by atoms with Crippen LogP contribution in [0.3, 0.4) is 0 Å². The number of rotatable bonds is 8. The van der Waals surface area contributed by atoms with Crippen LogP contribution in [0.1, 0.15) is 30.4 Å². The van der Waals surface area contributed by atoms with Gasteiger partial charge >= 0.3 is 11.9 Å². The molecule has 0 bridgehead atoms. The van der Waals surface area contributed by atoms with E-state index in [4.69, 9.17) is 29.3 Å². The van der Waals surface area contributed by atoms with Crippen LogP contribution in [0.5, 0.6) is 11.5 Å². The van der Waals surface area contributed by atoms with Crippen molar-refractivity contribution in [2.75, 3.05) is 33.4 Å². The Hall–Kier alpha value is -4.24. The quantitative estimate of drug-likeness (QED) is 0.288. The zero-order valence-electron chi connectivity index (χ0n) is 21.6. The normalized spacial score (nSPS) is 13.2. The van der Waals surface area contributed by atoms with E-state index in [1.54, 1.807) is 7.11 Å². The third kappa shape index (κ3) is 8.93. The maximum absolute atomic E-state index is 13.5. The summed E-state index contributed by atoms with van der Waals surface area (Å²) in [5, 5.41) is 14.8. The summed E-state index contributed by atoms with van der Waals surface area (Å²) < 4.78 is 38.2. The van der Waals surface area contributed by atoms with E-state index in [2.05, 4.69) is 4.90 Å². The second-order valence-corrected chi connectivity index (χ2v) is 8.80. The van der Waals surface area contributed by atoms with Crippen molar-refractivity contribution in [1.82, 2.24) is 4.90 Å². The molecule has 1 heterocycles. The lowest BCUT2D eigenvalue weighted by molar-refractivity contribution is -0.159. The van der Waals surface area contributed by atoms with Crippen LogP contribution in [0, 0.1) is 11.6 Å². The Morgan fingerprint density at radius 2 is 1.28 bits per heavy atom. The van der Waals surface area contributed by atoms with Crippen LogP contribution in [0.15, 0.2) is 78.4 Å². The number of carboxylic acids is 2. The lowest BCUT2D eigenvalue weighted by Crippen LogP contribution is -2.32. The number of halogens is 2. The fourth-order valence-corrected chi connectivity index (χ4v) is 4.31. The summed E-state index contributed by atoms with van der Waals surface area (Å²) in [7, 11) is 1.65. The Kier molecular flexibility index (Phi) is 11.0. The van der Waals surface area contributed by atoms with E-state index >= 15 is 0 Å². The summed E-state index contributed by atoms with van der Waals surface area (Å²) in [6.45, 7) is 3.51. The number of methoxy groups -OCH3 is 1. The van der Waals surface area contributed by atoms with Crippen molar-refractivity contribution in [1.29, 1.82) is 0 Å². The van der Waals surface area contributed by atoms with Gasteiger partial charge in [-0.3, -0.25) is 0 Å². The number of carboxylic acid groups (broad SMARTS) is 2. The molecule has 0 spiro atoms. The van der Waals surface area contributed by atoms with Gasteiger partial charge in [0.1, 0.15) is 11.6 Å². The number of hydrogen-bond donors (Lipinski definition) is 2. The fourth-order valence-electron chi connectivity index (χ4n) is 4.31. The largest absolute Gasteiger partial charge is 0.493 e. The van der Waals surface area contributed by atoms with Gasteiger partial charge in [0.25, 0.3) is 0 Å². The molecule has 7 nitrogen and oxygen atoms in total. The summed E-state index contributed by atoms with van der Waals surface area (Å²) in [4.78, 5) is 20.6. The first kappa shape index (κ1) is 29.3. The molecular weight excluding hydrogens is 508 g/mol. The minimum Gasteiger partial charge on any atom is -0.493 e. The van der Waals surface area contributed by atoms with Crippen LogP contribution in [0.4, 0.5) is 8.78 Å². The molecule has 0 aliphatic carbocycles. The molecule has 0 amide bonds. The molecule has 1 fully saturated rings. The zero-order chi connectivity index (χ0) is 28.2. The summed E-state index contributed by atoms with van der Waals surface area (Å²) in [6, 6.07) is 20.8. The fraction of sp³-hybridized carbons (Fsp3) is 0.267. The van der Waals surface area contributed by atoms with Gasteiger partial charge in [0.2, 0.25) is 0 Å². The van der Waals surface area contributed by atoms with E-state index in [-0.39, 0.29) is 11.6 Å². The topological polar surface area (TPSA) is 96.3 Å². The number of nitrogens with zero attached hydrogens (tertiary/aromatic N) is 1. The monoisotopic (exact) mass is 539 g/mol. The van der Waals surface area contributed by atoms with Crippen molar-refractivity contribution in [2.45, 2.75) is 19.3 Å². The molecule has 0 unspecified atom stereocenters. The van der Waals surface area contributed by atoms with Gasteiger partial charge < -0.3 is 24.6 Å². The first-order valence-electron chi connectivity index (χ1n) is 12.5. The van der Waals surface area contributed by atoms with Crippen LogP contribution in [0.2, 0.25) is 0 Å². The first-order chi connectivity index (χ1) is 18.8. The average molecular weight is 540 g/mol. The van der Waals surface area contributed by atoms with Crippen molar-refractivity contribution in [3.05, 3.63) is 101 Å². The first-order valence-corrected chi connectivity index (χ1v) is 12.5. The lowest BCUT2D eigenvalue weighted by Gasteiger charge is -2.30. The maximum Gasteiger partial charge on any atom is 0.414 e. The Balaban J connectivity index is 0.000000631. The Morgan fingerprint density at radius 3 is 1.74 bits per heavy atom. The van der Waals surface area contributed by atoms with Gasteiger partial charge in [0.15, 0.2) is 11.5 Å². The van der Waals surface area contributed by atoms with Crippen LogP contribution in [-0.4, -0.2) is 60.4 Å². The SMILES string of the molecule is COc1ccccc1OCCCN1CCC(=C(c2ccc(F)cc2)c2ccc(F)cc2)CC1.O=C(O)C(=O)O. The molecule has 9 heteroatoms. The molecule has 0 saturated carbocycles. The van der Waals surface area contributed by atoms with E-state index in [0.29, 0.717) is 6.61 Å². The third-order valence-electron chi connectivity index (χ3n) is 6.21. The van der Waals surface area contributed by atoms with Crippen LogP contribution in [-0.2, 0) is 9.59 Å². The predicted octanol–water partition coefficient (Wildman–Crippen LogP) is 5.50. The van der Waals surface area contributed by atoms with Gasteiger partial charge in [0.05, 0.1) is 13.7 Å². The number of carbonyl (C=O) groups is 2. The maximum atomic E-state index is 13.5. The molecule has 206 valence electrons. The molecule has 3 aromatic carbocycles. The van der Waals surface area contributed by atoms with Crippen molar-refractivity contribution in [3.8, 4) is 11.5 Å². The van der Waals surface area contributed by atoms with Gasteiger partial charge in [-0.05, 0) is 72.4 Å². The van der Waals surface area contributed by atoms with Crippen molar-refractivity contribution in [2.24, 2.45) is 0 Å². The molecule has 0 atom stereocenters. The van der Waals surface area contributed by atoms with Crippen LogP contribution in [0.25, 0.3) is 5.57 Å². The molecule has 39 heavy (non-hydrogen) atoms. The van der Waals surface area contributed by atoms with E-state index in [1.807, 2.05) is 48.5 Å². The molecule has 0 radical (unpaired) electrons. The molecule has 1 aliphatic rings. The van der Waals surface area contributed by atoms with E-state index in [1.165, 1.54) is 29.8 Å².